The van der Waals surface area contributed by atoms with Gasteiger partial charge in [0.2, 0.25) is 10.0 Å². The van der Waals surface area contributed by atoms with Gasteiger partial charge in [0.05, 0.1) is 16.2 Å². The minimum atomic E-state index is -3.68. The molecule has 0 spiro atoms. The quantitative estimate of drug-likeness (QED) is 0.614. The van der Waals surface area contributed by atoms with Crippen molar-refractivity contribution in [1.29, 1.82) is 0 Å². The Labute approximate surface area is 111 Å². The molecule has 0 atom stereocenters. The normalized spacial score (nSPS) is 11.1. The van der Waals surface area contributed by atoms with Gasteiger partial charge in [-0.3, -0.25) is 14.9 Å². The van der Waals surface area contributed by atoms with Gasteiger partial charge in [0, 0.05) is 18.7 Å². The summed E-state index contributed by atoms with van der Waals surface area (Å²) in [6.07, 6.45) is 0. The molecule has 7 nitrogen and oxygen atoms in total. The molecule has 0 aromatic heterocycles. The molecular weight excluding hydrogens is 272 g/mol. The second kappa shape index (κ2) is 5.35. The number of sulfonamides is 1. The van der Waals surface area contributed by atoms with Crippen molar-refractivity contribution in [1.82, 2.24) is 4.31 Å². The number of carbonyl (C=O) groups excluding carboxylic acids is 1. The summed E-state index contributed by atoms with van der Waals surface area (Å²) in [7, 11) is -2.54. The van der Waals surface area contributed by atoms with Gasteiger partial charge >= 0.3 is 0 Å². The van der Waals surface area contributed by atoms with Crippen LogP contribution in [0.15, 0.2) is 18.2 Å². The van der Waals surface area contributed by atoms with Crippen LogP contribution in [0.4, 0.5) is 5.69 Å². The number of hydrogen-bond acceptors (Lipinski definition) is 5. The van der Waals surface area contributed by atoms with Crippen molar-refractivity contribution in [3.8, 4) is 0 Å². The molecule has 0 bridgehead atoms. The fourth-order valence-corrected chi connectivity index (χ4v) is 2.28. The summed E-state index contributed by atoms with van der Waals surface area (Å²) in [5, 5.41) is 10.8. The minimum Gasteiger partial charge on any atom is -0.268 e. The van der Waals surface area contributed by atoms with Crippen LogP contribution < -0.4 is 0 Å². The first-order chi connectivity index (χ1) is 8.72. The molecule has 0 N–H and O–H groups in total. The van der Waals surface area contributed by atoms with Crippen LogP contribution >= 0.6 is 0 Å². The van der Waals surface area contributed by atoms with Gasteiger partial charge in [0.1, 0.15) is 0 Å². The maximum absolute atomic E-state index is 12.1. The van der Waals surface area contributed by atoms with Gasteiger partial charge in [-0.25, -0.2) is 12.7 Å². The average molecular weight is 286 g/mol. The maximum Gasteiger partial charge on any atom is 0.273 e. The van der Waals surface area contributed by atoms with Crippen LogP contribution in [0.5, 0.6) is 0 Å². The van der Waals surface area contributed by atoms with E-state index in [-0.39, 0.29) is 22.6 Å². The van der Waals surface area contributed by atoms with Gasteiger partial charge in [-0.2, -0.15) is 0 Å². The lowest BCUT2D eigenvalue weighted by Gasteiger charge is -2.17. The van der Waals surface area contributed by atoms with Gasteiger partial charge < -0.3 is 0 Å². The molecule has 0 fully saturated rings. The van der Waals surface area contributed by atoms with E-state index in [9.17, 15) is 23.3 Å². The molecule has 1 aromatic carbocycles. The Morgan fingerprint density at radius 2 is 2.00 bits per heavy atom. The Hall–Kier alpha value is -1.96. The number of amides is 1. The fourth-order valence-electron chi connectivity index (χ4n) is 1.54. The van der Waals surface area contributed by atoms with Crippen molar-refractivity contribution < 1.29 is 18.1 Å². The van der Waals surface area contributed by atoms with E-state index in [4.69, 9.17) is 0 Å². The van der Waals surface area contributed by atoms with Crippen LogP contribution in [0, 0.1) is 17.0 Å². The highest BCUT2D eigenvalue weighted by Gasteiger charge is 2.26. The highest BCUT2D eigenvalue weighted by molar-refractivity contribution is 7.89. The molecule has 1 aromatic rings. The van der Waals surface area contributed by atoms with Crippen molar-refractivity contribution in [2.45, 2.75) is 13.8 Å². The third-order valence-corrected chi connectivity index (χ3v) is 4.53. The standard InChI is InChI=1S/C11H14N2O5S/c1-4-19(17,18)12(3)11(14)9-6-5-7-10(8(9)2)13(15)16/h5-7H,4H2,1-3H3. The van der Waals surface area contributed by atoms with E-state index in [2.05, 4.69) is 0 Å². The van der Waals surface area contributed by atoms with E-state index in [1.54, 1.807) is 0 Å². The summed E-state index contributed by atoms with van der Waals surface area (Å²) >= 11 is 0. The van der Waals surface area contributed by atoms with Gasteiger partial charge in [-0.1, -0.05) is 6.07 Å². The molecule has 1 amide bonds. The molecule has 0 saturated heterocycles. The first-order valence-electron chi connectivity index (χ1n) is 5.47. The van der Waals surface area contributed by atoms with Gasteiger partial charge in [0.25, 0.3) is 11.6 Å². The maximum atomic E-state index is 12.1. The summed E-state index contributed by atoms with van der Waals surface area (Å²) in [4.78, 5) is 22.2. The molecular formula is C11H14N2O5S. The Kier molecular flexibility index (Phi) is 4.25. The second-order valence-corrected chi connectivity index (χ2v) is 6.17. The zero-order chi connectivity index (χ0) is 14.8. The zero-order valence-electron chi connectivity index (χ0n) is 10.8. The van der Waals surface area contributed by atoms with E-state index in [1.807, 2.05) is 0 Å². The van der Waals surface area contributed by atoms with E-state index in [1.165, 1.54) is 32.0 Å². The number of hydrogen-bond donors (Lipinski definition) is 0. The zero-order valence-corrected chi connectivity index (χ0v) is 11.6. The number of nitrogens with zero attached hydrogens (tertiary/aromatic N) is 2. The Morgan fingerprint density at radius 3 is 2.47 bits per heavy atom. The minimum absolute atomic E-state index is 0.00808. The van der Waals surface area contributed by atoms with Crippen LogP contribution in [0.25, 0.3) is 0 Å². The third kappa shape index (κ3) is 2.90. The Bertz CT molecular complexity index is 624. The largest absolute Gasteiger partial charge is 0.273 e. The summed E-state index contributed by atoms with van der Waals surface area (Å²) < 4.78 is 23.8. The van der Waals surface area contributed by atoms with Crippen molar-refractivity contribution >= 4 is 21.6 Å². The van der Waals surface area contributed by atoms with Crippen molar-refractivity contribution in [2.75, 3.05) is 12.8 Å². The fraction of sp³-hybridized carbons (Fsp3) is 0.364. The summed E-state index contributed by atoms with van der Waals surface area (Å²) in [5.74, 6) is -0.994. The lowest BCUT2D eigenvalue weighted by molar-refractivity contribution is -0.385. The first-order valence-corrected chi connectivity index (χ1v) is 7.08. The number of rotatable bonds is 4. The molecule has 0 saturated carbocycles. The highest BCUT2D eigenvalue weighted by atomic mass is 32.2. The second-order valence-electron chi connectivity index (χ2n) is 3.88. The van der Waals surface area contributed by atoms with Crippen LogP contribution in [0.2, 0.25) is 0 Å². The molecule has 0 radical (unpaired) electrons. The highest BCUT2D eigenvalue weighted by Crippen LogP contribution is 2.22. The molecule has 0 unspecified atom stereocenters. The predicted octanol–water partition coefficient (Wildman–Crippen LogP) is 1.32. The summed E-state index contributed by atoms with van der Waals surface area (Å²) in [6.45, 7) is 2.83. The van der Waals surface area contributed by atoms with E-state index in [0.717, 1.165) is 7.05 Å². The Morgan fingerprint density at radius 1 is 1.42 bits per heavy atom. The monoisotopic (exact) mass is 286 g/mol. The molecule has 0 heterocycles. The van der Waals surface area contributed by atoms with Crippen molar-refractivity contribution in [2.24, 2.45) is 0 Å². The van der Waals surface area contributed by atoms with Gasteiger partial charge in [-0.05, 0) is 19.9 Å². The molecule has 8 heteroatoms. The molecule has 1 rings (SSSR count). The average Bonchev–Trinajstić information content (AvgIpc) is 2.36. The van der Waals surface area contributed by atoms with Crippen LogP contribution in [0.3, 0.4) is 0 Å². The molecule has 19 heavy (non-hydrogen) atoms. The molecule has 0 aliphatic carbocycles. The summed E-state index contributed by atoms with van der Waals surface area (Å²) in [5.41, 5.74) is -0.0578. The first kappa shape index (κ1) is 15.1. The topological polar surface area (TPSA) is 97.6 Å². The van der Waals surface area contributed by atoms with E-state index in [0.29, 0.717) is 4.31 Å². The molecule has 0 aliphatic rings. The van der Waals surface area contributed by atoms with Crippen molar-refractivity contribution in [3.63, 3.8) is 0 Å². The smallest absolute Gasteiger partial charge is 0.268 e. The van der Waals surface area contributed by atoms with E-state index >= 15 is 0 Å². The Balaban J connectivity index is 3.29. The van der Waals surface area contributed by atoms with Crippen LogP contribution in [-0.2, 0) is 10.0 Å². The van der Waals surface area contributed by atoms with Gasteiger partial charge in [0.15, 0.2) is 0 Å². The third-order valence-electron chi connectivity index (χ3n) is 2.80. The number of benzene rings is 1. The number of nitro benzene ring substituents is 1. The van der Waals surface area contributed by atoms with Crippen LogP contribution in [-0.4, -0.2) is 36.4 Å². The molecule has 104 valence electrons. The lowest BCUT2D eigenvalue weighted by atomic mass is 10.1. The SMILES string of the molecule is CCS(=O)(=O)N(C)C(=O)c1cccc([N+](=O)[O-])c1C. The van der Waals surface area contributed by atoms with Crippen molar-refractivity contribution in [3.05, 3.63) is 39.4 Å². The predicted molar refractivity (Wildman–Crippen MR) is 69.4 cm³/mol. The van der Waals surface area contributed by atoms with Crippen LogP contribution in [0.1, 0.15) is 22.8 Å². The number of nitro groups is 1. The number of carbonyl (C=O) groups is 1. The molecule has 0 aliphatic heterocycles. The lowest BCUT2D eigenvalue weighted by Crippen LogP contribution is -2.34. The summed E-state index contributed by atoms with van der Waals surface area (Å²) in [6, 6.07) is 3.98. The van der Waals surface area contributed by atoms with E-state index < -0.39 is 20.9 Å². The van der Waals surface area contributed by atoms with Gasteiger partial charge in [-0.15, -0.1) is 0 Å².